The Labute approximate surface area is 407 Å². The van der Waals surface area contributed by atoms with Crippen LogP contribution in [0.4, 0.5) is 26.3 Å². The molecule has 12 rings (SSSR count). The van der Waals surface area contributed by atoms with Crippen molar-refractivity contribution < 1.29 is 26.3 Å². The molecular formula is C60H34F6N6. The van der Waals surface area contributed by atoms with Gasteiger partial charge in [0.25, 0.3) is 0 Å². The standard InChI is InChI=1S/C60H34F6N6/c61-59(62,63)40-24-29-53-49(32-40)44-19-9-11-21-51(44)71(53)42-26-27-46(58-69-56(36-13-3-1-4-14-36)68-57(70-58)37-15-5-2-6-16-37)47(34-42)48-31-38(43-18-8-7-17-39(43)35-67)23-28-54(48)72-52-22-12-10-20-45(52)50-33-41(60(64,65)66)25-30-55(50)72/h1-34H. The van der Waals surface area contributed by atoms with Gasteiger partial charge in [0.15, 0.2) is 17.5 Å². The monoisotopic (exact) mass is 952 g/mol. The Bertz CT molecular complexity index is 4090. The fraction of sp³-hybridized carbons (Fsp3) is 0.0333. The van der Waals surface area contributed by atoms with Crippen molar-refractivity contribution in [2.24, 2.45) is 0 Å². The molecule has 0 spiro atoms. The summed E-state index contributed by atoms with van der Waals surface area (Å²) in [6, 6.07) is 62.0. The van der Waals surface area contributed by atoms with Crippen molar-refractivity contribution in [1.29, 1.82) is 5.26 Å². The maximum Gasteiger partial charge on any atom is 0.416 e. The number of fused-ring (bicyclic) bond motifs is 6. The number of rotatable bonds is 7. The lowest BCUT2D eigenvalue weighted by Crippen LogP contribution is -2.05. The van der Waals surface area contributed by atoms with E-state index < -0.39 is 23.5 Å². The number of nitriles is 1. The third kappa shape index (κ3) is 7.50. The number of para-hydroxylation sites is 2. The zero-order chi connectivity index (χ0) is 49.3. The molecule has 0 aliphatic rings. The van der Waals surface area contributed by atoms with Crippen molar-refractivity contribution in [3.63, 3.8) is 0 Å². The predicted molar refractivity (Wildman–Crippen MR) is 270 cm³/mol. The van der Waals surface area contributed by atoms with Crippen LogP contribution >= 0.6 is 0 Å². The summed E-state index contributed by atoms with van der Waals surface area (Å²) in [6.45, 7) is 0. The van der Waals surface area contributed by atoms with Crippen molar-refractivity contribution in [3.05, 3.63) is 223 Å². The van der Waals surface area contributed by atoms with E-state index in [2.05, 4.69) is 6.07 Å². The predicted octanol–water partition coefficient (Wildman–Crippen LogP) is 16.3. The van der Waals surface area contributed by atoms with Crippen molar-refractivity contribution in [2.75, 3.05) is 0 Å². The summed E-state index contributed by atoms with van der Waals surface area (Å²) in [5.74, 6) is 1.10. The second-order valence-corrected chi connectivity index (χ2v) is 17.3. The first-order valence-electron chi connectivity index (χ1n) is 22.8. The summed E-state index contributed by atoms with van der Waals surface area (Å²) < 4.78 is 90.0. The average molecular weight is 953 g/mol. The van der Waals surface area contributed by atoms with Crippen molar-refractivity contribution >= 4 is 43.6 Å². The van der Waals surface area contributed by atoms with E-state index in [1.807, 2.05) is 143 Å². The number of alkyl halides is 6. The van der Waals surface area contributed by atoms with Crippen LogP contribution in [0.2, 0.25) is 0 Å². The van der Waals surface area contributed by atoms with Gasteiger partial charge in [0.05, 0.1) is 50.5 Å². The highest BCUT2D eigenvalue weighted by Gasteiger charge is 2.33. The molecule has 0 saturated heterocycles. The first-order chi connectivity index (χ1) is 34.9. The van der Waals surface area contributed by atoms with E-state index in [0.717, 1.165) is 23.3 Å². The van der Waals surface area contributed by atoms with Crippen LogP contribution < -0.4 is 0 Å². The highest BCUT2D eigenvalue weighted by Crippen LogP contribution is 2.45. The Morgan fingerprint density at radius 3 is 1.44 bits per heavy atom. The molecule has 0 unspecified atom stereocenters. The van der Waals surface area contributed by atoms with Gasteiger partial charge in [-0.15, -0.1) is 0 Å². The largest absolute Gasteiger partial charge is 0.416 e. The Kier molecular flexibility index (Phi) is 10.3. The Morgan fingerprint density at radius 2 is 0.861 bits per heavy atom. The van der Waals surface area contributed by atoms with Crippen LogP contribution in [0, 0.1) is 11.3 Å². The van der Waals surface area contributed by atoms with Gasteiger partial charge >= 0.3 is 12.4 Å². The number of hydrogen-bond donors (Lipinski definition) is 0. The van der Waals surface area contributed by atoms with Gasteiger partial charge in [-0.2, -0.15) is 31.6 Å². The lowest BCUT2D eigenvalue weighted by Gasteiger charge is -2.20. The van der Waals surface area contributed by atoms with Gasteiger partial charge in [0, 0.05) is 49.5 Å². The summed E-state index contributed by atoms with van der Waals surface area (Å²) >= 11 is 0. The molecule has 9 aromatic carbocycles. The lowest BCUT2D eigenvalue weighted by molar-refractivity contribution is -0.138. The molecule has 12 heteroatoms. The maximum atomic E-state index is 14.4. The number of hydrogen-bond acceptors (Lipinski definition) is 4. The van der Waals surface area contributed by atoms with Crippen LogP contribution in [-0.2, 0) is 12.4 Å². The second-order valence-electron chi connectivity index (χ2n) is 17.3. The maximum absolute atomic E-state index is 14.4. The van der Waals surface area contributed by atoms with Gasteiger partial charge in [-0.05, 0) is 102 Å². The number of benzene rings is 9. The van der Waals surface area contributed by atoms with E-state index in [1.54, 1.807) is 36.4 Å². The molecule has 12 aromatic rings. The Morgan fingerprint density at radius 1 is 0.361 bits per heavy atom. The molecule has 0 aliphatic heterocycles. The molecule has 3 aromatic heterocycles. The molecule has 0 bridgehead atoms. The molecule has 346 valence electrons. The van der Waals surface area contributed by atoms with Crippen LogP contribution in [0.1, 0.15) is 16.7 Å². The first-order valence-corrected chi connectivity index (χ1v) is 22.8. The number of nitrogens with zero attached hydrogens (tertiary/aromatic N) is 6. The van der Waals surface area contributed by atoms with E-state index in [1.165, 1.54) is 24.3 Å². The second kappa shape index (κ2) is 17.0. The summed E-state index contributed by atoms with van der Waals surface area (Å²) in [7, 11) is 0. The summed E-state index contributed by atoms with van der Waals surface area (Å²) in [5, 5.41) is 12.4. The van der Waals surface area contributed by atoms with Gasteiger partial charge in [-0.3, -0.25) is 0 Å². The summed E-state index contributed by atoms with van der Waals surface area (Å²) in [5.41, 5.74) is 6.83. The molecule has 0 radical (unpaired) electrons. The topological polar surface area (TPSA) is 72.3 Å². The van der Waals surface area contributed by atoms with Crippen LogP contribution in [0.15, 0.2) is 206 Å². The minimum atomic E-state index is -4.60. The van der Waals surface area contributed by atoms with Gasteiger partial charge in [-0.25, -0.2) is 15.0 Å². The third-order valence-electron chi connectivity index (χ3n) is 13.1. The van der Waals surface area contributed by atoms with E-state index in [4.69, 9.17) is 15.0 Å². The van der Waals surface area contributed by atoms with E-state index >= 15 is 0 Å². The zero-order valence-corrected chi connectivity index (χ0v) is 37.6. The quantitative estimate of drug-likeness (QED) is 0.149. The molecular weight excluding hydrogens is 919 g/mol. The molecule has 0 amide bonds. The molecule has 0 fully saturated rings. The Balaban J connectivity index is 1.22. The highest BCUT2D eigenvalue weighted by atomic mass is 19.4. The molecule has 0 saturated carbocycles. The van der Waals surface area contributed by atoms with E-state index in [9.17, 15) is 31.6 Å². The fourth-order valence-electron chi connectivity index (χ4n) is 9.80. The van der Waals surface area contributed by atoms with Gasteiger partial charge in [0.2, 0.25) is 0 Å². The lowest BCUT2D eigenvalue weighted by atomic mass is 9.92. The number of halogens is 6. The zero-order valence-electron chi connectivity index (χ0n) is 37.6. The van der Waals surface area contributed by atoms with Gasteiger partial charge in [0.1, 0.15) is 0 Å². The SMILES string of the molecule is N#Cc1ccccc1-c1ccc(-n2c3ccccc3c3cc(C(F)(F)F)ccc32)c(-c2cc(-n3c4ccccc4c4cc(C(F)(F)F)ccc43)ccc2-c2nc(-c3ccccc3)nc(-c3ccccc3)n2)c1. The molecule has 0 N–H and O–H groups in total. The van der Waals surface area contributed by atoms with Crippen LogP contribution in [0.5, 0.6) is 0 Å². The smallest absolute Gasteiger partial charge is 0.309 e. The van der Waals surface area contributed by atoms with Crippen LogP contribution in [0.3, 0.4) is 0 Å². The molecule has 0 atom stereocenters. The minimum Gasteiger partial charge on any atom is -0.309 e. The minimum absolute atomic E-state index is 0.298. The number of aromatic nitrogens is 5. The van der Waals surface area contributed by atoms with Gasteiger partial charge in [-0.1, -0.05) is 121 Å². The molecule has 6 nitrogen and oxygen atoms in total. The fourth-order valence-corrected chi connectivity index (χ4v) is 9.80. The summed E-state index contributed by atoms with van der Waals surface area (Å²) in [4.78, 5) is 15.3. The molecule has 72 heavy (non-hydrogen) atoms. The van der Waals surface area contributed by atoms with Crippen LogP contribution in [-0.4, -0.2) is 24.1 Å². The normalized spacial score (nSPS) is 12.0. The third-order valence-corrected chi connectivity index (χ3v) is 13.1. The van der Waals surface area contributed by atoms with Crippen molar-refractivity contribution in [3.8, 4) is 73.9 Å². The van der Waals surface area contributed by atoms with E-state index in [-0.39, 0.29) is 0 Å². The average Bonchev–Trinajstić information content (AvgIpc) is 3.92. The highest BCUT2D eigenvalue weighted by molar-refractivity contribution is 6.11. The molecule has 3 heterocycles. The first kappa shape index (κ1) is 43.9. The van der Waals surface area contributed by atoms with Crippen molar-refractivity contribution in [1.82, 2.24) is 24.1 Å². The summed E-state index contributed by atoms with van der Waals surface area (Å²) in [6.07, 6.45) is -9.18. The van der Waals surface area contributed by atoms with Crippen LogP contribution in [0.25, 0.3) is 111 Å². The molecule has 0 aliphatic carbocycles. The van der Waals surface area contributed by atoms with E-state index in [0.29, 0.717) is 106 Å². The Hall–Kier alpha value is -9.34. The van der Waals surface area contributed by atoms with Crippen molar-refractivity contribution in [2.45, 2.75) is 12.4 Å². The van der Waals surface area contributed by atoms with Gasteiger partial charge < -0.3 is 9.13 Å².